The quantitative estimate of drug-likeness (QED) is 0.0411. The third kappa shape index (κ3) is 15.9. The van der Waals surface area contributed by atoms with Crippen LogP contribution in [0, 0.1) is 5.82 Å². The number of benzene rings is 6. The van der Waals surface area contributed by atoms with Crippen LogP contribution in [-0.2, 0) is 63.1 Å². The zero-order chi connectivity index (χ0) is 45.3. The van der Waals surface area contributed by atoms with Crippen LogP contribution >= 0.6 is 12.4 Å². The second-order valence-electron chi connectivity index (χ2n) is 16.7. The van der Waals surface area contributed by atoms with Crippen LogP contribution in [0.2, 0.25) is 25.7 Å². The summed E-state index contributed by atoms with van der Waals surface area (Å²) < 4.78 is 45.7. The van der Waals surface area contributed by atoms with E-state index in [0.717, 1.165) is 28.3 Å². The second kappa shape index (κ2) is 24.6. The Morgan fingerprint density at radius 1 is 0.585 bits per heavy atom. The zero-order valence-electron chi connectivity index (χ0n) is 36.9. The van der Waals surface area contributed by atoms with Crippen molar-refractivity contribution in [3.05, 3.63) is 191 Å². The smallest absolute Gasteiger partial charge is 0.408 e. The maximum absolute atomic E-state index is 16.4. The lowest BCUT2D eigenvalue weighted by atomic mass is 9.95. The van der Waals surface area contributed by atoms with Gasteiger partial charge in [0.2, 0.25) is 0 Å². The summed E-state index contributed by atoms with van der Waals surface area (Å²) in [5, 5.41) is 2.74. The Balaban J connectivity index is 0.00000793. The van der Waals surface area contributed by atoms with Gasteiger partial charge in [-0.3, -0.25) is 4.79 Å². The fourth-order valence-corrected chi connectivity index (χ4v) is 7.40. The molecule has 340 valence electrons. The molecule has 0 aliphatic heterocycles. The van der Waals surface area contributed by atoms with Gasteiger partial charge in [-0.25, -0.2) is 14.0 Å². The van der Waals surface area contributed by atoms with Gasteiger partial charge in [0, 0.05) is 20.9 Å². The number of ether oxygens (including phenoxy) is 5. The number of nitrogens with one attached hydrogen (secondary N) is 1. The standard InChI is InChI=1S/C52H55FN2O8Si.ClH/c1-64(2,3)27-26-59-51(57)47(55-52(58)63-36-40-22-14-7-15-23-40)32-43-28-41(24-25-48(43)60-33-37-16-8-4-9-17-37)42-29-44(31-46(54)50(56)62-35-39-20-12-6-13-21-39)49(45(53)30-42)61-34-38-18-10-5-11-19-38;/h4-25,28-30,46-47H,26-27,31-36,54H2,1-3H3,(H,55,58);1H/t46-,47-;/m0./s1. The number of hydrogen-bond donors (Lipinski definition) is 2. The van der Waals surface area contributed by atoms with E-state index in [1.54, 1.807) is 24.3 Å². The van der Waals surface area contributed by atoms with Crippen molar-refractivity contribution in [1.82, 2.24) is 5.32 Å². The molecule has 0 saturated heterocycles. The molecule has 0 spiro atoms. The molecule has 0 radical (unpaired) electrons. The summed E-state index contributed by atoms with van der Waals surface area (Å²) in [7, 11) is -1.57. The van der Waals surface area contributed by atoms with Crippen molar-refractivity contribution in [2.24, 2.45) is 5.73 Å². The number of esters is 2. The van der Waals surface area contributed by atoms with Gasteiger partial charge in [-0.2, -0.15) is 0 Å². The molecule has 6 rings (SSSR count). The molecular weight excluding hydrogens is 863 g/mol. The van der Waals surface area contributed by atoms with Crippen molar-refractivity contribution in [2.45, 2.75) is 77.0 Å². The molecule has 2 atom stereocenters. The van der Waals surface area contributed by atoms with Crippen LogP contribution in [0.4, 0.5) is 9.18 Å². The molecular formula is C52H56ClFN2O8Si. The lowest BCUT2D eigenvalue weighted by Crippen LogP contribution is -2.44. The summed E-state index contributed by atoms with van der Waals surface area (Å²) in [5.41, 5.74) is 11.7. The highest BCUT2D eigenvalue weighted by Crippen LogP contribution is 2.35. The number of amides is 1. The molecule has 3 N–H and O–H groups in total. The molecule has 6 aromatic carbocycles. The first-order valence-electron chi connectivity index (χ1n) is 21.3. The molecule has 6 aromatic rings. The van der Waals surface area contributed by atoms with E-state index < -0.39 is 44.0 Å². The topological polar surface area (TPSA) is 135 Å². The SMILES string of the molecule is C[Si](C)(C)CCOC(=O)[C@H](Cc1cc(-c2cc(F)c(OCc3ccccc3)c(C[C@H](N)C(=O)OCc3ccccc3)c2)ccc1OCc1ccccc1)NC(=O)OCc1ccccc1.Cl. The van der Waals surface area contributed by atoms with E-state index in [4.69, 9.17) is 29.4 Å². The van der Waals surface area contributed by atoms with E-state index in [2.05, 4.69) is 25.0 Å². The predicted molar refractivity (Wildman–Crippen MR) is 255 cm³/mol. The Labute approximate surface area is 387 Å². The minimum absolute atomic E-state index is 0. The molecule has 13 heteroatoms. The van der Waals surface area contributed by atoms with Gasteiger partial charge in [0.25, 0.3) is 0 Å². The third-order valence-corrected chi connectivity index (χ3v) is 12.0. The van der Waals surface area contributed by atoms with E-state index in [0.29, 0.717) is 28.0 Å². The van der Waals surface area contributed by atoms with Gasteiger partial charge in [-0.1, -0.05) is 147 Å². The summed E-state index contributed by atoms with van der Waals surface area (Å²) in [4.78, 5) is 40.3. The van der Waals surface area contributed by atoms with Gasteiger partial charge < -0.3 is 34.7 Å². The number of carbonyl (C=O) groups excluding carboxylic acids is 3. The van der Waals surface area contributed by atoms with Crippen molar-refractivity contribution in [2.75, 3.05) is 6.61 Å². The van der Waals surface area contributed by atoms with E-state index in [1.165, 1.54) is 6.07 Å². The highest BCUT2D eigenvalue weighted by atomic mass is 35.5. The van der Waals surface area contributed by atoms with Crippen LogP contribution in [0.5, 0.6) is 11.5 Å². The summed E-state index contributed by atoms with van der Waals surface area (Å²) in [5.74, 6) is -1.54. The Hall–Kier alpha value is -6.47. The summed E-state index contributed by atoms with van der Waals surface area (Å²) >= 11 is 0. The maximum Gasteiger partial charge on any atom is 0.408 e. The van der Waals surface area contributed by atoms with E-state index in [9.17, 15) is 14.4 Å². The zero-order valence-corrected chi connectivity index (χ0v) is 38.7. The van der Waals surface area contributed by atoms with Gasteiger partial charge in [-0.15, -0.1) is 12.4 Å². The van der Waals surface area contributed by atoms with Crippen molar-refractivity contribution in [1.29, 1.82) is 0 Å². The first kappa shape index (κ1) is 49.5. The van der Waals surface area contributed by atoms with Gasteiger partial charge in [0.05, 0.1) is 6.61 Å². The number of carbonyl (C=O) groups is 3. The van der Waals surface area contributed by atoms with E-state index in [-0.39, 0.29) is 64.0 Å². The van der Waals surface area contributed by atoms with Crippen LogP contribution in [0.25, 0.3) is 11.1 Å². The average molecular weight is 920 g/mol. The molecule has 10 nitrogen and oxygen atoms in total. The number of alkyl carbamates (subject to hydrolysis) is 1. The monoisotopic (exact) mass is 918 g/mol. The van der Waals surface area contributed by atoms with E-state index in [1.807, 2.05) is 121 Å². The molecule has 0 aliphatic rings. The fraction of sp³-hybridized carbons (Fsp3) is 0.250. The fourth-order valence-electron chi connectivity index (χ4n) is 6.69. The predicted octanol–water partition coefficient (Wildman–Crippen LogP) is 10.4. The molecule has 0 heterocycles. The third-order valence-electron chi connectivity index (χ3n) is 10.3. The van der Waals surface area contributed by atoms with Crippen molar-refractivity contribution in [3.8, 4) is 22.6 Å². The van der Waals surface area contributed by atoms with Crippen molar-refractivity contribution in [3.63, 3.8) is 0 Å². The highest BCUT2D eigenvalue weighted by Gasteiger charge is 2.27. The Kier molecular flexibility index (Phi) is 18.7. The summed E-state index contributed by atoms with van der Waals surface area (Å²) in [6.45, 7) is 7.07. The van der Waals surface area contributed by atoms with Crippen molar-refractivity contribution >= 4 is 38.5 Å². The Morgan fingerprint density at radius 3 is 1.65 bits per heavy atom. The van der Waals surface area contributed by atoms with Crippen LogP contribution in [0.15, 0.2) is 152 Å². The average Bonchev–Trinajstić information content (AvgIpc) is 3.30. The van der Waals surface area contributed by atoms with Gasteiger partial charge in [-0.05, 0) is 74.8 Å². The van der Waals surface area contributed by atoms with Gasteiger partial charge >= 0.3 is 18.0 Å². The molecule has 0 aliphatic carbocycles. The first-order valence-corrected chi connectivity index (χ1v) is 25.0. The normalized spacial score (nSPS) is 11.9. The lowest BCUT2D eigenvalue weighted by Gasteiger charge is -2.22. The second-order valence-corrected chi connectivity index (χ2v) is 22.3. The Morgan fingerprint density at radius 2 is 1.09 bits per heavy atom. The van der Waals surface area contributed by atoms with E-state index >= 15 is 4.39 Å². The molecule has 1 amide bonds. The number of rotatable bonds is 21. The van der Waals surface area contributed by atoms with Crippen LogP contribution in [0.3, 0.4) is 0 Å². The minimum atomic E-state index is -1.57. The lowest BCUT2D eigenvalue weighted by molar-refractivity contribution is -0.147. The highest BCUT2D eigenvalue weighted by molar-refractivity contribution is 6.76. The summed E-state index contributed by atoms with van der Waals surface area (Å²) in [6, 6.07) is 44.3. The molecule has 0 aromatic heterocycles. The molecule has 0 saturated carbocycles. The van der Waals surface area contributed by atoms with Crippen LogP contribution in [-0.4, -0.2) is 44.8 Å². The Bertz CT molecular complexity index is 2440. The minimum Gasteiger partial charge on any atom is -0.489 e. The number of hydrogen-bond acceptors (Lipinski definition) is 9. The maximum atomic E-state index is 16.4. The molecule has 0 fully saturated rings. The molecule has 0 unspecified atom stereocenters. The first-order chi connectivity index (χ1) is 30.9. The summed E-state index contributed by atoms with van der Waals surface area (Å²) in [6.07, 6.45) is -0.931. The largest absolute Gasteiger partial charge is 0.489 e. The van der Waals surface area contributed by atoms with Crippen LogP contribution < -0.4 is 20.5 Å². The van der Waals surface area contributed by atoms with Crippen LogP contribution in [0.1, 0.15) is 33.4 Å². The van der Waals surface area contributed by atoms with Gasteiger partial charge in [0.15, 0.2) is 11.6 Å². The molecule has 0 bridgehead atoms. The number of halogens is 2. The number of nitrogens with two attached hydrogens (primary N) is 1. The van der Waals surface area contributed by atoms with Crippen molar-refractivity contribution < 1.29 is 42.5 Å². The van der Waals surface area contributed by atoms with Gasteiger partial charge in [0.1, 0.15) is 44.3 Å². The molecule has 65 heavy (non-hydrogen) atoms.